The first kappa shape index (κ1) is 20.4. The van der Waals surface area contributed by atoms with Gasteiger partial charge < -0.3 is 5.32 Å². The molecule has 148 valence electrons. The van der Waals surface area contributed by atoms with Crippen LogP contribution in [0.15, 0.2) is 54.6 Å². The van der Waals surface area contributed by atoms with Gasteiger partial charge in [-0.2, -0.15) is 0 Å². The van der Waals surface area contributed by atoms with Crippen molar-refractivity contribution in [2.75, 3.05) is 0 Å². The smallest absolute Gasteiger partial charge is 0.0138 e. The van der Waals surface area contributed by atoms with Gasteiger partial charge in [-0.05, 0) is 37.2 Å². The molecule has 0 saturated heterocycles. The fraction of sp³-hybridized carbons (Fsp3) is 0.615. The van der Waals surface area contributed by atoms with Crippen molar-refractivity contribution >= 4 is 0 Å². The molecule has 0 amide bonds. The van der Waals surface area contributed by atoms with Crippen LogP contribution in [0.4, 0.5) is 0 Å². The van der Waals surface area contributed by atoms with Crippen LogP contribution in [-0.2, 0) is 0 Å². The summed E-state index contributed by atoms with van der Waals surface area (Å²) in [7, 11) is 0. The summed E-state index contributed by atoms with van der Waals surface area (Å²) in [6.45, 7) is 0. The van der Waals surface area contributed by atoms with Crippen LogP contribution < -0.4 is 5.32 Å². The Morgan fingerprint density at radius 3 is 1.63 bits per heavy atom. The molecule has 1 nitrogen and oxygen atoms in total. The van der Waals surface area contributed by atoms with Gasteiger partial charge >= 0.3 is 0 Å². The van der Waals surface area contributed by atoms with E-state index in [4.69, 9.17) is 0 Å². The first-order chi connectivity index (χ1) is 13.4. The highest BCUT2D eigenvalue weighted by atomic mass is 15.0. The predicted molar refractivity (Wildman–Crippen MR) is 118 cm³/mol. The van der Waals surface area contributed by atoms with E-state index in [9.17, 15) is 0 Å². The van der Waals surface area contributed by atoms with E-state index in [1.54, 1.807) is 0 Å². The summed E-state index contributed by atoms with van der Waals surface area (Å²) in [6.07, 6.45) is 18.3. The van der Waals surface area contributed by atoms with Crippen molar-refractivity contribution in [3.8, 4) is 0 Å². The molecule has 2 unspecified atom stereocenters. The highest BCUT2D eigenvalue weighted by Gasteiger charge is 2.29. The van der Waals surface area contributed by atoms with E-state index in [0.29, 0.717) is 12.0 Å². The van der Waals surface area contributed by atoms with Crippen molar-refractivity contribution < 1.29 is 0 Å². The van der Waals surface area contributed by atoms with E-state index < -0.39 is 0 Å². The maximum absolute atomic E-state index is 4.13. The van der Waals surface area contributed by atoms with Gasteiger partial charge in [0, 0.05) is 12.1 Å². The lowest BCUT2D eigenvalue weighted by atomic mass is 9.93. The quantitative estimate of drug-likeness (QED) is 0.591. The van der Waals surface area contributed by atoms with E-state index in [0.717, 1.165) is 6.04 Å². The summed E-state index contributed by atoms with van der Waals surface area (Å²) in [5, 5.41) is 4.13. The number of nitrogens with one attached hydrogen (secondary N) is 1. The zero-order valence-electron chi connectivity index (χ0n) is 17.1. The third kappa shape index (κ3) is 7.30. The Kier molecular flexibility index (Phi) is 9.20. The van der Waals surface area contributed by atoms with Crippen LogP contribution in [-0.4, -0.2) is 12.1 Å². The standard InChI is InChI=1S/C26H39N/c1-2-7-11-15-20-24(19-14-10-6-1)27-26-22-16-21-25(26)23-17-12-8-4-3-5-9-13-18-23/h3-5,8-9,12-13,17-18,24-27H,1-2,6-7,10-11,14-16,19-22H2. The molecular weight excluding hydrogens is 326 g/mol. The molecule has 1 aromatic rings. The summed E-state index contributed by atoms with van der Waals surface area (Å²) in [6, 6.07) is 21.1. The summed E-state index contributed by atoms with van der Waals surface area (Å²) in [5.41, 5.74) is 1.50. The van der Waals surface area contributed by atoms with Crippen molar-refractivity contribution in [3.63, 3.8) is 0 Å². The lowest BCUT2D eigenvalue weighted by molar-refractivity contribution is 0.356. The van der Waals surface area contributed by atoms with E-state index in [2.05, 4.69) is 59.9 Å². The van der Waals surface area contributed by atoms with Gasteiger partial charge in [0.25, 0.3) is 0 Å². The summed E-state index contributed by atoms with van der Waals surface area (Å²) >= 11 is 0. The first-order valence-corrected chi connectivity index (χ1v) is 11.6. The highest BCUT2D eigenvalue weighted by molar-refractivity contribution is 5.20. The Labute approximate surface area is 167 Å². The van der Waals surface area contributed by atoms with Crippen molar-refractivity contribution in [3.05, 3.63) is 60.2 Å². The van der Waals surface area contributed by atoms with Crippen molar-refractivity contribution in [2.45, 2.75) is 101 Å². The molecule has 3 rings (SSSR count). The maximum Gasteiger partial charge on any atom is 0.0138 e. The minimum atomic E-state index is 0.659. The largest absolute Gasteiger partial charge is 0.311 e. The molecule has 0 spiro atoms. The molecule has 0 heterocycles. The highest BCUT2D eigenvalue weighted by Crippen LogP contribution is 2.35. The summed E-state index contributed by atoms with van der Waals surface area (Å²) in [4.78, 5) is 0. The van der Waals surface area contributed by atoms with Crippen LogP contribution in [0.25, 0.3) is 0 Å². The van der Waals surface area contributed by atoms with Gasteiger partial charge in [0.05, 0.1) is 0 Å². The van der Waals surface area contributed by atoms with Crippen molar-refractivity contribution in [2.24, 2.45) is 0 Å². The lowest BCUT2D eigenvalue weighted by Gasteiger charge is -2.27. The average Bonchev–Trinajstić information content (AvgIpc) is 3.12. The molecule has 1 aromatic carbocycles. The molecule has 2 atom stereocenters. The normalized spacial score (nSPS) is 25.3. The predicted octanol–water partition coefficient (Wildman–Crippen LogP) is 7.32. The minimum Gasteiger partial charge on any atom is -0.311 e. The average molecular weight is 366 g/mol. The Balaban J connectivity index is 1.66. The molecule has 0 aliphatic heterocycles. The Morgan fingerprint density at radius 2 is 1.04 bits per heavy atom. The minimum absolute atomic E-state index is 0.659. The third-order valence-corrected chi connectivity index (χ3v) is 6.49. The number of hydrogen-bond donors (Lipinski definition) is 1. The Morgan fingerprint density at radius 1 is 0.519 bits per heavy atom. The van der Waals surface area contributed by atoms with Gasteiger partial charge in [0.2, 0.25) is 0 Å². The topological polar surface area (TPSA) is 12.0 Å². The molecule has 2 aliphatic rings. The lowest BCUT2D eigenvalue weighted by Crippen LogP contribution is -2.39. The van der Waals surface area contributed by atoms with E-state index in [-0.39, 0.29) is 0 Å². The van der Waals surface area contributed by atoms with Crippen LogP contribution in [0.5, 0.6) is 0 Å². The van der Waals surface area contributed by atoms with Gasteiger partial charge in [-0.15, -0.1) is 0 Å². The van der Waals surface area contributed by atoms with E-state index in [1.165, 1.54) is 89.0 Å². The molecule has 0 radical (unpaired) electrons. The van der Waals surface area contributed by atoms with Gasteiger partial charge in [0.1, 0.15) is 0 Å². The first-order valence-electron chi connectivity index (χ1n) is 11.6. The number of rotatable bonds is 3. The second kappa shape index (κ2) is 12.2. The molecule has 0 aromatic heterocycles. The van der Waals surface area contributed by atoms with Crippen LogP contribution in [0.3, 0.4) is 0 Å². The molecule has 2 fully saturated rings. The molecular formula is C26H39N. The third-order valence-electron chi connectivity index (χ3n) is 6.49. The molecule has 2 aliphatic carbocycles. The van der Waals surface area contributed by atoms with Gasteiger partial charge in [0.15, 0.2) is 0 Å². The summed E-state index contributed by atoms with van der Waals surface area (Å²) in [5.74, 6) is 0.667. The zero-order valence-corrected chi connectivity index (χ0v) is 17.1. The monoisotopic (exact) mass is 365 g/mol. The van der Waals surface area contributed by atoms with Crippen LogP contribution in [0.2, 0.25) is 0 Å². The molecule has 0 bridgehead atoms. The fourth-order valence-corrected chi connectivity index (χ4v) is 4.97. The Bertz CT molecular complexity index is 543. The molecule has 27 heavy (non-hydrogen) atoms. The zero-order chi connectivity index (χ0) is 18.6. The maximum atomic E-state index is 4.13. The van der Waals surface area contributed by atoms with Gasteiger partial charge in [-0.3, -0.25) is 0 Å². The molecule has 1 heteroatoms. The van der Waals surface area contributed by atoms with Gasteiger partial charge in [-0.1, -0.05) is 112 Å². The van der Waals surface area contributed by atoms with Crippen LogP contribution in [0.1, 0.15) is 95.0 Å². The van der Waals surface area contributed by atoms with Gasteiger partial charge in [-0.25, -0.2) is 0 Å². The Hall–Kier alpha value is -1.34. The number of hydrogen-bond acceptors (Lipinski definition) is 1. The second-order valence-corrected chi connectivity index (χ2v) is 8.59. The van der Waals surface area contributed by atoms with E-state index in [1.807, 2.05) is 0 Å². The van der Waals surface area contributed by atoms with Crippen LogP contribution in [0, 0.1) is 0 Å². The molecule has 1 N–H and O–H groups in total. The summed E-state index contributed by atoms with van der Waals surface area (Å²) < 4.78 is 0. The van der Waals surface area contributed by atoms with Crippen molar-refractivity contribution in [1.29, 1.82) is 0 Å². The second-order valence-electron chi connectivity index (χ2n) is 8.59. The SMILES string of the molecule is c1ccccc(C2CCCC2NC2CCCCCCCCCC2)cccc1. The van der Waals surface area contributed by atoms with Crippen molar-refractivity contribution in [1.82, 2.24) is 5.32 Å². The van der Waals surface area contributed by atoms with E-state index >= 15 is 0 Å². The molecule has 2 saturated carbocycles. The van der Waals surface area contributed by atoms with Crippen LogP contribution >= 0.6 is 0 Å². The fourth-order valence-electron chi connectivity index (χ4n) is 4.97.